The number of nitrogen functional groups attached to an aromatic ring is 1. The quantitative estimate of drug-likeness (QED) is 0.523. The maximum Gasteiger partial charge on any atom is 0.203 e. The largest absolute Gasteiger partial charge is 0.490 e. The monoisotopic (exact) mass is 228 g/mol. The molecule has 1 aromatic heterocycles. The topological polar surface area (TPSA) is 114 Å². The standard InChI is InChI=1S/C9H16N4O3/c1-9(3-14,4-15)13-8-6(16-2)7(10)11-5-12-8/h5,14-15H,3-4H2,1-2H3,(H3,10,11,12,13). The summed E-state index contributed by atoms with van der Waals surface area (Å²) in [6, 6.07) is 0. The van der Waals surface area contributed by atoms with Crippen LogP contribution in [0.15, 0.2) is 6.33 Å². The Hall–Kier alpha value is -1.60. The highest BCUT2D eigenvalue weighted by atomic mass is 16.5. The van der Waals surface area contributed by atoms with Crippen molar-refractivity contribution in [3.8, 4) is 5.75 Å². The average Bonchev–Trinajstić information content (AvgIpc) is 2.29. The third kappa shape index (κ3) is 2.50. The summed E-state index contributed by atoms with van der Waals surface area (Å²) < 4.78 is 5.04. The fourth-order valence-corrected chi connectivity index (χ4v) is 1.09. The Bertz CT molecular complexity index is 355. The zero-order chi connectivity index (χ0) is 12.2. The Morgan fingerprint density at radius 2 is 2.06 bits per heavy atom. The molecular weight excluding hydrogens is 212 g/mol. The molecule has 90 valence electrons. The summed E-state index contributed by atoms with van der Waals surface area (Å²) in [6.07, 6.45) is 1.27. The van der Waals surface area contributed by atoms with E-state index in [0.717, 1.165) is 0 Å². The van der Waals surface area contributed by atoms with Gasteiger partial charge in [0.05, 0.1) is 25.9 Å². The van der Waals surface area contributed by atoms with Crippen LogP contribution in [-0.2, 0) is 0 Å². The van der Waals surface area contributed by atoms with Gasteiger partial charge in [-0.2, -0.15) is 0 Å². The smallest absolute Gasteiger partial charge is 0.203 e. The van der Waals surface area contributed by atoms with Gasteiger partial charge in [0.2, 0.25) is 5.75 Å². The minimum Gasteiger partial charge on any atom is -0.490 e. The Morgan fingerprint density at radius 3 is 2.56 bits per heavy atom. The lowest BCUT2D eigenvalue weighted by atomic mass is 10.1. The second-order valence-electron chi connectivity index (χ2n) is 3.64. The number of aliphatic hydroxyl groups excluding tert-OH is 2. The second kappa shape index (κ2) is 4.95. The van der Waals surface area contributed by atoms with Gasteiger partial charge in [-0.3, -0.25) is 0 Å². The molecule has 0 fully saturated rings. The van der Waals surface area contributed by atoms with Gasteiger partial charge in [-0.1, -0.05) is 0 Å². The average molecular weight is 228 g/mol. The molecule has 1 aromatic rings. The van der Waals surface area contributed by atoms with E-state index in [1.807, 2.05) is 0 Å². The van der Waals surface area contributed by atoms with Crippen molar-refractivity contribution >= 4 is 11.6 Å². The zero-order valence-corrected chi connectivity index (χ0v) is 9.27. The number of hydrogen-bond acceptors (Lipinski definition) is 7. The van der Waals surface area contributed by atoms with E-state index in [1.54, 1.807) is 6.92 Å². The highest BCUT2D eigenvalue weighted by molar-refractivity contribution is 5.62. The normalized spacial score (nSPS) is 11.2. The Kier molecular flexibility index (Phi) is 3.86. The van der Waals surface area contributed by atoms with Gasteiger partial charge in [-0.05, 0) is 6.92 Å². The summed E-state index contributed by atoms with van der Waals surface area (Å²) in [6.45, 7) is 1.14. The third-order valence-electron chi connectivity index (χ3n) is 2.15. The maximum atomic E-state index is 9.14. The lowest BCUT2D eigenvalue weighted by Crippen LogP contribution is -2.42. The van der Waals surface area contributed by atoms with Crippen molar-refractivity contribution in [2.75, 3.05) is 31.4 Å². The number of hydrogen-bond donors (Lipinski definition) is 4. The molecule has 0 aliphatic rings. The van der Waals surface area contributed by atoms with E-state index in [-0.39, 0.29) is 24.8 Å². The van der Waals surface area contributed by atoms with Gasteiger partial charge in [0.1, 0.15) is 6.33 Å². The molecule has 16 heavy (non-hydrogen) atoms. The number of nitrogens with one attached hydrogen (secondary N) is 1. The minimum absolute atomic E-state index is 0.193. The molecule has 1 rings (SSSR count). The van der Waals surface area contributed by atoms with Crippen LogP contribution >= 0.6 is 0 Å². The molecule has 7 nitrogen and oxygen atoms in total. The highest BCUT2D eigenvalue weighted by Crippen LogP contribution is 2.28. The van der Waals surface area contributed by atoms with Crippen LogP contribution in [-0.4, -0.2) is 46.0 Å². The van der Waals surface area contributed by atoms with E-state index < -0.39 is 5.54 Å². The summed E-state index contributed by atoms with van der Waals surface area (Å²) in [4.78, 5) is 7.71. The summed E-state index contributed by atoms with van der Waals surface area (Å²) >= 11 is 0. The van der Waals surface area contributed by atoms with Gasteiger partial charge in [0.25, 0.3) is 0 Å². The second-order valence-corrected chi connectivity index (χ2v) is 3.64. The Morgan fingerprint density at radius 1 is 1.44 bits per heavy atom. The summed E-state index contributed by atoms with van der Waals surface area (Å²) in [5, 5.41) is 21.1. The SMILES string of the molecule is COc1c(N)ncnc1NC(C)(CO)CO. The first-order chi connectivity index (χ1) is 7.56. The molecule has 0 unspecified atom stereocenters. The minimum atomic E-state index is -0.895. The molecule has 0 amide bonds. The number of nitrogens with zero attached hydrogens (tertiary/aromatic N) is 2. The molecule has 0 aliphatic carbocycles. The highest BCUT2D eigenvalue weighted by Gasteiger charge is 2.24. The van der Waals surface area contributed by atoms with E-state index in [4.69, 9.17) is 20.7 Å². The van der Waals surface area contributed by atoms with Crippen LogP contribution in [0, 0.1) is 0 Å². The van der Waals surface area contributed by atoms with Crippen molar-refractivity contribution in [2.45, 2.75) is 12.5 Å². The molecule has 7 heteroatoms. The molecule has 0 aliphatic heterocycles. The predicted molar refractivity (Wildman–Crippen MR) is 59.2 cm³/mol. The summed E-state index contributed by atoms with van der Waals surface area (Å²) in [5.41, 5.74) is 4.70. The number of anilines is 2. The summed E-state index contributed by atoms with van der Waals surface area (Å²) in [5.74, 6) is 0.814. The van der Waals surface area contributed by atoms with Gasteiger partial charge in [-0.25, -0.2) is 9.97 Å². The van der Waals surface area contributed by atoms with Gasteiger partial charge in [0, 0.05) is 0 Å². The van der Waals surface area contributed by atoms with Crippen molar-refractivity contribution in [3.63, 3.8) is 0 Å². The lowest BCUT2D eigenvalue weighted by molar-refractivity contribution is 0.147. The van der Waals surface area contributed by atoms with Crippen LogP contribution in [0.5, 0.6) is 5.75 Å². The van der Waals surface area contributed by atoms with Crippen LogP contribution in [0.2, 0.25) is 0 Å². The molecule has 0 saturated carbocycles. The van der Waals surface area contributed by atoms with Crippen molar-refractivity contribution in [1.29, 1.82) is 0 Å². The number of nitrogens with two attached hydrogens (primary N) is 1. The molecule has 0 radical (unpaired) electrons. The van der Waals surface area contributed by atoms with Gasteiger partial charge in [0.15, 0.2) is 11.6 Å². The molecule has 1 heterocycles. The van der Waals surface area contributed by atoms with E-state index in [0.29, 0.717) is 5.82 Å². The Balaban J connectivity index is 3.01. The van der Waals surface area contributed by atoms with Gasteiger partial charge < -0.3 is 26.0 Å². The first-order valence-electron chi connectivity index (χ1n) is 4.70. The zero-order valence-electron chi connectivity index (χ0n) is 9.27. The van der Waals surface area contributed by atoms with Crippen molar-refractivity contribution < 1.29 is 14.9 Å². The van der Waals surface area contributed by atoms with Crippen LogP contribution in [0.1, 0.15) is 6.92 Å². The number of aliphatic hydroxyl groups is 2. The van der Waals surface area contributed by atoms with Crippen molar-refractivity contribution in [1.82, 2.24) is 9.97 Å². The number of ether oxygens (including phenoxy) is 1. The molecule has 0 aromatic carbocycles. The first-order valence-corrected chi connectivity index (χ1v) is 4.70. The van der Waals surface area contributed by atoms with E-state index in [9.17, 15) is 0 Å². The molecule has 0 saturated heterocycles. The molecule has 0 atom stereocenters. The summed E-state index contributed by atoms with van der Waals surface area (Å²) in [7, 11) is 1.44. The first kappa shape index (κ1) is 12.5. The van der Waals surface area contributed by atoms with E-state index in [1.165, 1.54) is 13.4 Å². The fourth-order valence-electron chi connectivity index (χ4n) is 1.09. The third-order valence-corrected chi connectivity index (χ3v) is 2.15. The van der Waals surface area contributed by atoms with Crippen molar-refractivity contribution in [3.05, 3.63) is 6.33 Å². The maximum absolute atomic E-state index is 9.14. The number of aromatic nitrogens is 2. The molecule has 0 bridgehead atoms. The lowest BCUT2D eigenvalue weighted by Gasteiger charge is -2.27. The van der Waals surface area contributed by atoms with Crippen LogP contribution in [0.25, 0.3) is 0 Å². The molecule has 0 spiro atoms. The fraction of sp³-hybridized carbons (Fsp3) is 0.556. The number of rotatable bonds is 5. The van der Waals surface area contributed by atoms with Crippen LogP contribution in [0.3, 0.4) is 0 Å². The van der Waals surface area contributed by atoms with Gasteiger partial charge >= 0.3 is 0 Å². The van der Waals surface area contributed by atoms with Crippen LogP contribution in [0.4, 0.5) is 11.6 Å². The van der Waals surface area contributed by atoms with Crippen molar-refractivity contribution in [2.24, 2.45) is 0 Å². The Labute approximate surface area is 93.3 Å². The van der Waals surface area contributed by atoms with E-state index >= 15 is 0 Å². The van der Waals surface area contributed by atoms with E-state index in [2.05, 4.69) is 15.3 Å². The van der Waals surface area contributed by atoms with Gasteiger partial charge in [-0.15, -0.1) is 0 Å². The predicted octanol–water partition coefficient (Wildman–Crippen LogP) is -0.777. The van der Waals surface area contributed by atoms with Crippen LogP contribution < -0.4 is 15.8 Å². The molecule has 5 N–H and O–H groups in total. The number of methoxy groups -OCH3 is 1. The molecular formula is C9H16N4O3.